The summed E-state index contributed by atoms with van der Waals surface area (Å²) in [6.07, 6.45) is 4.60. The van der Waals surface area contributed by atoms with Crippen molar-refractivity contribution in [2.24, 2.45) is 0 Å². The van der Waals surface area contributed by atoms with Crippen LogP contribution < -0.4 is 11.7 Å². The van der Waals surface area contributed by atoms with Crippen LogP contribution in [0.3, 0.4) is 0 Å². The van der Waals surface area contributed by atoms with Gasteiger partial charge in [0.1, 0.15) is 10.9 Å². The lowest BCUT2D eigenvalue weighted by Gasteiger charge is -2.05. The van der Waals surface area contributed by atoms with Crippen LogP contribution in [0.2, 0.25) is 5.15 Å². The van der Waals surface area contributed by atoms with Gasteiger partial charge in [0.25, 0.3) is 5.56 Å². The van der Waals surface area contributed by atoms with Crippen LogP contribution in [-0.2, 0) is 11.2 Å². The van der Waals surface area contributed by atoms with E-state index in [1.165, 1.54) is 37.0 Å². The number of nitrogens with zero attached hydrogens (tertiary/aromatic N) is 3. The first-order valence-electron chi connectivity index (χ1n) is 18.7. The number of carbonyl (C=O) groups is 5. The molecule has 0 fully saturated rings. The van der Waals surface area contributed by atoms with Gasteiger partial charge in [-0.3, -0.25) is 29.1 Å². The highest BCUT2D eigenvalue weighted by Gasteiger charge is 2.16. The Labute approximate surface area is 398 Å². The number of carboxylic acids is 2. The molecule has 17 heteroatoms. The Kier molecular flexibility index (Phi) is 20.2. The van der Waals surface area contributed by atoms with Crippen LogP contribution >= 0.6 is 59.4 Å². The summed E-state index contributed by atoms with van der Waals surface area (Å²) in [5, 5.41) is 18.3. The molecule has 4 heterocycles. The fraction of sp³-hybridized carbons (Fsp3) is 0.128. The number of carbonyl (C=O) groups excluding carboxylic acids is 3. The van der Waals surface area contributed by atoms with Crippen LogP contribution in [0.15, 0.2) is 134 Å². The number of aromatic nitrogens is 4. The van der Waals surface area contributed by atoms with E-state index in [0.29, 0.717) is 31.0 Å². The summed E-state index contributed by atoms with van der Waals surface area (Å²) >= 11 is 15.1. The number of aryl methyl sites for hydroxylation is 3. The number of nitrogens with one attached hydrogen (secondary N) is 1. The number of H-pyrrole nitrogens is 1. The lowest BCUT2D eigenvalue weighted by Crippen LogP contribution is -2.11. The average Bonchev–Trinajstić information content (AvgIpc) is 3.23. The normalized spacial score (nSPS) is 10.1. The largest absolute Gasteiger partial charge is 0.478 e. The molecule has 3 aromatic carbocycles. The molecule has 13 nitrogen and oxygen atoms in total. The molecule has 0 bridgehead atoms. The minimum atomic E-state index is -1.09. The van der Waals surface area contributed by atoms with Gasteiger partial charge in [0.15, 0.2) is 11.6 Å². The van der Waals surface area contributed by atoms with E-state index >= 15 is 0 Å². The van der Waals surface area contributed by atoms with E-state index in [0.717, 1.165) is 26.9 Å². The van der Waals surface area contributed by atoms with Crippen molar-refractivity contribution in [3.8, 4) is 11.3 Å². The van der Waals surface area contributed by atoms with Crippen molar-refractivity contribution in [3.05, 3.63) is 189 Å². The number of halogens is 4. The molecule has 0 saturated carbocycles. The van der Waals surface area contributed by atoms with E-state index in [9.17, 15) is 28.8 Å². The summed E-state index contributed by atoms with van der Waals surface area (Å²) in [5.74, 6) is -2.52. The summed E-state index contributed by atoms with van der Waals surface area (Å²) in [4.78, 5) is 82.7. The fourth-order valence-corrected chi connectivity index (χ4v) is 6.60. The van der Waals surface area contributed by atoms with Crippen LogP contribution in [0, 0.1) is 20.8 Å². The molecule has 6 N–H and O–H groups in total. The highest BCUT2D eigenvalue weighted by Crippen LogP contribution is 2.22. The number of hydrogen-bond acceptors (Lipinski definition) is 10. The van der Waals surface area contributed by atoms with Gasteiger partial charge in [-0.05, 0) is 105 Å². The van der Waals surface area contributed by atoms with Gasteiger partial charge < -0.3 is 21.3 Å². The van der Waals surface area contributed by atoms with Crippen molar-refractivity contribution in [3.63, 3.8) is 0 Å². The molecular formula is C47H41Br3ClN5O8. The molecule has 7 rings (SSSR count). The number of benzene rings is 3. The molecule has 0 radical (unpaired) electrons. The first-order valence-corrected chi connectivity index (χ1v) is 21.4. The van der Waals surface area contributed by atoms with Crippen molar-refractivity contribution in [1.82, 2.24) is 26.1 Å². The molecular weight excluding hydrogens is 1040 g/mol. The van der Waals surface area contributed by atoms with E-state index in [4.69, 9.17) is 21.8 Å². The minimum Gasteiger partial charge on any atom is -0.478 e. The smallest absolute Gasteiger partial charge is 0.338 e. The Bertz CT molecular complexity index is 2860. The molecule has 0 spiro atoms. The number of aromatic amines is 1. The summed E-state index contributed by atoms with van der Waals surface area (Å²) in [7, 11) is 0. The van der Waals surface area contributed by atoms with E-state index in [-0.39, 0.29) is 63.9 Å². The Morgan fingerprint density at radius 2 is 1.08 bits per heavy atom. The molecule has 64 heavy (non-hydrogen) atoms. The van der Waals surface area contributed by atoms with Crippen molar-refractivity contribution in [2.45, 2.75) is 40.5 Å². The van der Waals surface area contributed by atoms with Gasteiger partial charge in [-0.15, -0.1) is 0 Å². The van der Waals surface area contributed by atoms with Crippen molar-refractivity contribution < 1.29 is 34.2 Å². The van der Waals surface area contributed by atoms with Crippen LogP contribution in [0.5, 0.6) is 0 Å². The third-order valence-corrected chi connectivity index (χ3v) is 10.3. The Morgan fingerprint density at radius 3 is 1.58 bits per heavy atom. The number of pyridine rings is 4. The molecule has 0 saturated heterocycles. The number of carboxylic acid groups (broad SMARTS) is 2. The third kappa shape index (κ3) is 15.9. The molecule has 0 aliphatic rings. The molecule has 7 aromatic rings. The summed E-state index contributed by atoms with van der Waals surface area (Å²) in [6, 6.07) is 28.9. The number of hydrogen-bond donors (Lipinski definition) is 4. The van der Waals surface area contributed by atoms with Crippen LogP contribution in [-0.4, -0.2) is 59.4 Å². The molecule has 330 valence electrons. The van der Waals surface area contributed by atoms with E-state index < -0.39 is 11.9 Å². The standard InChI is InChI=1S/C15H11BrN2O.C15H12BrNO3.C11H12O2.C6H3BrClNO2.H3N/c1-9-2-4-10(5-3-9)13-7-14-12(15(19)18-13)6-11(16)8-17-14;1-9-2-4-10(5-3-9)14(18)7-13-12(15(19)20)6-11(16)8-17-13;1-8-3-5-10(6-4-8)11(13)7-9(2)12;7-3-1-4(6(10)11)5(8)9-2-3;/h2-8H,1H3,(H,18,19);2-6,8H,7H2,1H3,(H,19,20);3-6H,7H2,1-2H3;1-2H,(H,10,11);1H3. The highest BCUT2D eigenvalue weighted by atomic mass is 79.9. The Morgan fingerprint density at radius 1 is 0.625 bits per heavy atom. The SMILES string of the molecule is CC(=O)CC(=O)c1ccc(C)cc1.Cc1ccc(-c2cc3ncc(Br)cc3c(=O)[nH]2)cc1.Cc1ccc(C(=O)Cc2ncc(Br)cc2C(=O)O)cc1.N.O=C(O)c1cc(Br)cnc1Cl. The second kappa shape index (κ2) is 24.7. The monoisotopic (exact) mass is 1080 g/mol. The average molecular weight is 1080 g/mol. The second-order valence-corrected chi connectivity index (χ2v) is 17.0. The Balaban J connectivity index is 0.000000232. The first kappa shape index (κ1) is 52.3. The van der Waals surface area contributed by atoms with Gasteiger partial charge in [0.2, 0.25) is 0 Å². The summed E-state index contributed by atoms with van der Waals surface area (Å²) in [5.41, 5.74) is 7.18. The number of Topliss-reactive ketones (excluding diaryl/α,β-unsaturated/α-hetero) is 3. The molecule has 0 aliphatic carbocycles. The van der Waals surface area contributed by atoms with Crippen LogP contribution in [0.4, 0.5) is 0 Å². The number of fused-ring (bicyclic) bond motifs is 1. The fourth-order valence-electron chi connectivity index (χ4n) is 5.43. The quantitative estimate of drug-likeness (QED) is 0.0601. The maximum Gasteiger partial charge on any atom is 0.338 e. The Hall–Kier alpha value is -6.04. The molecule has 0 atom stereocenters. The van der Waals surface area contributed by atoms with Gasteiger partial charge in [-0.25, -0.2) is 14.6 Å². The summed E-state index contributed by atoms with van der Waals surface area (Å²) in [6.45, 7) is 7.35. The van der Waals surface area contributed by atoms with Crippen molar-refractivity contribution >= 4 is 99.6 Å². The number of rotatable bonds is 9. The molecule has 0 amide bonds. The van der Waals surface area contributed by atoms with Crippen LogP contribution in [0.1, 0.15) is 77.2 Å². The van der Waals surface area contributed by atoms with Gasteiger partial charge in [0, 0.05) is 43.1 Å². The van der Waals surface area contributed by atoms with Gasteiger partial charge >= 0.3 is 11.9 Å². The molecule has 4 aromatic heterocycles. The minimum absolute atomic E-state index is 0. The second-order valence-electron chi connectivity index (χ2n) is 13.8. The zero-order chi connectivity index (χ0) is 46.4. The van der Waals surface area contributed by atoms with Gasteiger partial charge in [0.05, 0.1) is 46.3 Å². The lowest BCUT2D eigenvalue weighted by atomic mass is 10.0. The lowest BCUT2D eigenvalue weighted by molar-refractivity contribution is -0.116. The third-order valence-electron chi connectivity index (χ3n) is 8.71. The van der Waals surface area contributed by atoms with Gasteiger partial charge in [-0.1, -0.05) is 101 Å². The van der Waals surface area contributed by atoms with Crippen LogP contribution in [0.25, 0.3) is 22.2 Å². The summed E-state index contributed by atoms with van der Waals surface area (Å²) < 4.78 is 1.97. The maximum absolute atomic E-state index is 12.1. The van der Waals surface area contributed by atoms with E-state index in [1.54, 1.807) is 36.5 Å². The number of aromatic carboxylic acids is 2. The van der Waals surface area contributed by atoms with Crippen molar-refractivity contribution in [2.75, 3.05) is 0 Å². The van der Waals surface area contributed by atoms with E-state index in [1.807, 2.05) is 75.4 Å². The number of ketones is 3. The zero-order valence-electron chi connectivity index (χ0n) is 34.8. The topological polar surface area (TPSA) is 232 Å². The van der Waals surface area contributed by atoms with Gasteiger partial charge in [-0.2, -0.15) is 0 Å². The highest BCUT2D eigenvalue weighted by molar-refractivity contribution is 9.11. The molecule has 0 aliphatic heterocycles. The molecule has 0 unspecified atom stereocenters. The first-order chi connectivity index (χ1) is 29.8. The predicted molar refractivity (Wildman–Crippen MR) is 258 cm³/mol. The predicted octanol–water partition coefficient (Wildman–Crippen LogP) is 11.5. The maximum atomic E-state index is 12.1. The zero-order valence-corrected chi connectivity index (χ0v) is 40.3. The van der Waals surface area contributed by atoms with Crippen molar-refractivity contribution in [1.29, 1.82) is 0 Å². The van der Waals surface area contributed by atoms with E-state index in [2.05, 4.69) is 67.7 Å².